The molecule has 3 saturated carbocycles. The fourth-order valence-electron chi connectivity index (χ4n) is 5.55. The molecule has 0 radical (unpaired) electrons. The molecule has 4 atom stereocenters. The average molecular weight is 530 g/mol. The zero-order valence-corrected chi connectivity index (χ0v) is 21.2. The van der Waals surface area contributed by atoms with E-state index in [9.17, 15) is 16.8 Å². The van der Waals surface area contributed by atoms with E-state index in [1.807, 2.05) is 12.3 Å². The summed E-state index contributed by atoms with van der Waals surface area (Å²) in [4.78, 5) is 7.65. The van der Waals surface area contributed by atoms with Gasteiger partial charge < -0.3 is 4.98 Å². The zero-order valence-electron chi connectivity index (χ0n) is 19.6. The highest BCUT2D eigenvalue weighted by molar-refractivity contribution is 7.90. The van der Waals surface area contributed by atoms with Crippen LogP contribution in [0.2, 0.25) is 0 Å². The van der Waals surface area contributed by atoms with Crippen LogP contribution in [0, 0.1) is 11.3 Å². The number of H-pyrrole nitrogens is 1. The predicted molar refractivity (Wildman–Crippen MR) is 133 cm³/mol. The minimum atomic E-state index is -3.50. The monoisotopic (exact) mass is 529 g/mol. The summed E-state index contributed by atoms with van der Waals surface area (Å²) in [5.74, 6) is 1.50. The maximum absolute atomic E-state index is 12.4. The Hall–Kier alpha value is -2.87. The first kappa shape index (κ1) is 23.5. The molecule has 36 heavy (non-hydrogen) atoms. The second kappa shape index (κ2) is 8.07. The van der Waals surface area contributed by atoms with Crippen LogP contribution in [-0.2, 0) is 20.0 Å². The van der Waals surface area contributed by atoms with E-state index in [1.54, 1.807) is 24.4 Å². The first-order valence-electron chi connectivity index (χ1n) is 11.8. The lowest BCUT2D eigenvalue weighted by molar-refractivity contribution is 0.438. The molecule has 0 unspecified atom stereocenters. The van der Waals surface area contributed by atoms with Crippen LogP contribution in [0.1, 0.15) is 44.3 Å². The van der Waals surface area contributed by atoms with E-state index < -0.39 is 20.0 Å². The number of sulfonamides is 2. The van der Waals surface area contributed by atoms with Gasteiger partial charge >= 0.3 is 0 Å². The van der Waals surface area contributed by atoms with Gasteiger partial charge in [-0.15, -0.1) is 10.2 Å². The molecule has 1 aromatic carbocycles. The third kappa shape index (κ3) is 3.99. The number of fused-ring (bicyclic) bond motifs is 4. The smallest absolute Gasteiger partial charge is 0.238 e. The summed E-state index contributed by atoms with van der Waals surface area (Å²) in [5.41, 5.74) is 2.59. The topological polar surface area (TPSA) is 165 Å². The molecule has 3 aliphatic carbocycles. The minimum Gasteiger partial charge on any atom is -0.345 e. The number of nitrogens with zero attached hydrogens (tertiary/aromatic N) is 4. The van der Waals surface area contributed by atoms with Crippen LogP contribution in [0.25, 0.3) is 16.8 Å². The van der Waals surface area contributed by atoms with Crippen molar-refractivity contribution in [1.82, 2.24) is 29.3 Å². The summed E-state index contributed by atoms with van der Waals surface area (Å²) >= 11 is 0. The van der Waals surface area contributed by atoms with Gasteiger partial charge in [0.05, 0.1) is 21.9 Å². The molecular formula is C23H27N7O4S2. The zero-order chi connectivity index (χ0) is 25.3. The van der Waals surface area contributed by atoms with Crippen molar-refractivity contribution in [3.63, 3.8) is 0 Å². The molecule has 13 heteroatoms. The Balaban J connectivity index is 0.000000204. The number of rotatable bonds is 5. The van der Waals surface area contributed by atoms with Crippen molar-refractivity contribution in [2.24, 2.45) is 16.5 Å². The molecule has 3 aromatic heterocycles. The average Bonchev–Trinajstić information content (AvgIpc) is 3.67. The molecule has 11 nitrogen and oxygen atoms in total. The van der Waals surface area contributed by atoms with Crippen molar-refractivity contribution in [3.8, 4) is 0 Å². The van der Waals surface area contributed by atoms with Crippen LogP contribution in [0.5, 0.6) is 0 Å². The summed E-state index contributed by atoms with van der Waals surface area (Å²) in [7, 11) is -6.67. The van der Waals surface area contributed by atoms with Gasteiger partial charge in [0, 0.05) is 18.2 Å². The molecule has 3 aliphatic rings. The molecule has 4 aromatic rings. The Morgan fingerprint density at radius 1 is 1.11 bits per heavy atom. The second-order valence-corrected chi connectivity index (χ2v) is 13.7. The van der Waals surface area contributed by atoms with Gasteiger partial charge in [-0.25, -0.2) is 31.7 Å². The number of hydrogen-bond acceptors (Lipinski definition) is 7. The third-order valence-corrected chi connectivity index (χ3v) is 10.7. The Morgan fingerprint density at radius 2 is 1.86 bits per heavy atom. The fraction of sp³-hybridized carbons (Fsp3) is 0.435. The van der Waals surface area contributed by atoms with E-state index in [2.05, 4.69) is 36.2 Å². The standard InChI is InChI=1S/C17H20N6O2S.C6H7NO2S/c1-17-7-11(17)12(22-26(24,25)9-2-3-9)6-10(17)16-21-20-14-8-19-15-13(23(14)16)4-5-18-15;7-10(8,9)6-4-2-1-3-5-6/h4-5,8-12,18,22H,2-3,6-7H2,1H3;1-5H,(H2,7,8,9)/t10-,11-,12-,17+;/m1./s1. The quantitative estimate of drug-likeness (QED) is 0.355. The number of hydrogen-bond donors (Lipinski definition) is 3. The molecule has 0 spiro atoms. The number of primary sulfonamides is 1. The number of nitrogens with two attached hydrogens (primary N) is 1. The number of aromatic nitrogens is 5. The Kier molecular flexibility index (Phi) is 5.27. The van der Waals surface area contributed by atoms with Crippen LogP contribution in [0.3, 0.4) is 0 Å². The SMILES string of the molecule is C[C@@]12C[C@@H]1[C@H](NS(=O)(=O)C1CC1)C[C@@H]2c1nnc2cnc3[nH]ccc3n12.NS(=O)(=O)c1ccccc1. The number of benzene rings is 1. The highest BCUT2D eigenvalue weighted by Gasteiger charge is 2.66. The molecule has 0 saturated heterocycles. The Labute approximate surface area is 208 Å². The van der Waals surface area contributed by atoms with Gasteiger partial charge in [0.25, 0.3) is 0 Å². The van der Waals surface area contributed by atoms with Crippen molar-refractivity contribution in [1.29, 1.82) is 0 Å². The number of aromatic amines is 1. The van der Waals surface area contributed by atoms with Crippen LogP contribution >= 0.6 is 0 Å². The van der Waals surface area contributed by atoms with Crippen molar-refractivity contribution < 1.29 is 16.8 Å². The van der Waals surface area contributed by atoms with E-state index in [0.29, 0.717) is 5.92 Å². The van der Waals surface area contributed by atoms with Crippen molar-refractivity contribution in [3.05, 3.63) is 54.6 Å². The summed E-state index contributed by atoms with van der Waals surface area (Å²) in [6.07, 6.45) is 6.99. The summed E-state index contributed by atoms with van der Waals surface area (Å²) in [5, 5.41) is 13.5. The largest absolute Gasteiger partial charge is 0.345 e. The van der Waals surface area contributed by atoms with Gasteiger partial charge in [-0.3, -0.25) is 4.40 Å². The van der Waals surface area contributed by atoms with Gasteiger partial charge in [-0.1, -0.05) is 25.1 Å². The second-order valence-electron chi connectivity index (χ2n) is 10.2. The van der Waals surface area contributed by atoms with Crippen LogP contribution in [0.15, 0.2) is 53.7 Å². The van der Waals surface area contributed by atoms with Gasteiger partial charge in [0.15, 0.2) is 11.3 Å². The predicted octanol–water partition coefficient (Wildman–Crippen LogP) is 1.90. The number of nitrogens with one attached hydrogen (secondary N) is 2. The van der Waals surface area contributed by atoms with Crippen LogP contribution in [0.4, 0.5) is 0 Å². The highest BCUT2D eigenvalue weighted by Crippen LogP contribution is 2.69. The van der Waals surface area contributed by atoms with E-state index >= 15 is 0 Å². The highest BCUT2D eigenvalue weighted by atomic mass is 32.2. The van der Waals surface area contributed by atoms with Gasteiger partial charge in [0.2, 0.25) is 20.0 Å². The molecule has 0 aliphatic heterocycles. The molecule has 0 bridgehead atoms. The lowest BCUT2D eigenvalue weighted by atomic mass is 9.91. The normalized spacial score (nSPS) is 27.6. The lowest BCUT2D eigenvalue weighted by Crippen LogP contribution is -2.37. The minimum absolute atomic E-state index is 0.00602. The van der Waals surface area contributed by atoms with Gasteiger partial charge in [-0.2, -0.15) is 0 Å². The Morgan fingerprint density at radius 3 is 2.53 bits per heavy atom. The van der Waals surface area contributed by atoms with E-state index in [4.69, 9.17) is 5.14 Å². The first-order valence-corrected chi connectivity index (χ1v) is 14.9. The van der Waals surface area contributed by atoms with E-state index in [0.717, 1.165) is 48.3 Å². The molecule has 0 amide bonds. The Bertz CT molecular complexity index is 1660. The van der Waals surface area contributed by atoms with Crippen LogP contribution in [-0.4, -0.2) is 52.7 Å². The molecule has 190 valence electrons. The van der Waals surface area contributed by atoms with Crippen molar-refractivity contribution >= 4 is 36.9 Å². The summed E-state index contributed by atoms with van der Waals surface area (Å²) in [6, 6.07) is 9.88. The van der Waals surface area contributed by atoms with Crippen LogP contribution < -0.4 is 9.86 Å². The van der Waals surface area contributed by atoms with E-state index in [1.165, 1.54) is 12.1 Å². The third-order valence-electron chi connectivity index (χ3n) is 7.75. The van der Waals surface area contributed by atoms with Gasteiger partial charge in [0.1, 0.15) is 5.82 Å². The lowest BCUT2D eigenvalue weighted by Gasteiger charge is -2.19. The van der Waals surface area contributed by atoms with E-state index in [-0.39, 0.29) is 27.5 Å². The summed E-state index contributed by atoms with van der Waals surface area (Å²) in [6.45, 7) is 2.25. The molecule has 7 rings (SSSR count). The van der Waals surface area contributed by atoms with Crippen molar-refractivity contribution in [2.45, 2.75) is 54.7 Å². The maximum atomic E-state index is 12.4. The van der Waals surface area contributed by atoms with Crippen molar-refractivity contribution in [2.75, 3.05) is 0 Å². The molecule has 3 fully saturated rings. The first-order chi connectivity index (χ1) is 17.1. The maximum Gasteiger partial charge on any atom is 0.238 e. The molecule has 3 heterocycles. The molecule has 4 N–H and O–H groups in total. The van der Waals surface area contributed by atoms with Gasteiger partial charge in [-0.05, 0) is 55.2 Å². The fourth-order valence-corrected chi connectivity index (χ4v) is 7.72. The summed E-state index contributed by atoms with van der Waals surface area (Å²) < 4.78 is 51.1. The molecular weight excluding hydrogens is 502 g/mol.